The normalized spacial score (nSPS) is 12.1. The van der Waals surface area contributed by atoms with Crippen LogP contribution in [-0.2, 0) is 27.9 Å². The highest BCUT2D eigenvalue weighted by Crippen LogP contribution is 2.16. The summed E-state index contributed by atoms with van der Waals surface area (Å²) in [7, 11) is -3.06. The molecule has 1 unspecified atom stereocenters. The Kier molecular flexibility index (Phi) is 40.1. The number of hydrogen-bond donors (Lipinski definition) is 0. The Hall–Kier alpha value is -0.923. The number of hydrogen-bond acceptors (Lipinski definition) is 6. The van der Waals surface area contributed by atoms with Crippen LogP contribution in [0.1, 0.15) is 259 Å². The van der Waals surface area contributed by atoms with Gasteiger partial charge in [0, 0.05) is 12.8 Å². The largest absolute Gasteiger partial charge is 0.647 e. The summed E-state index contributed by atoms with van der Waals surface area (Å²) in [5.41, 5.74) is 0. The van der Waals surface area contributed by atoms with Crippen molar-refractivity contribution in [1.29, 1.82) is 0 Å². The van der Waals surface area contributed by atoms with Crippen LogP contribution in [-0.4, -0.2) is 27.6 Å². The Morgan fingerprint density at radius 2 is 0.660 bits per heavy atom. The topological polar surface area (TPSA) is 71.1 Å². The van der Waals surface area contributed by atoms with Gasteiger partial charge in [0.15, 0.2) is 0 Å². The average Bonchev–Trinajstić information content (AvgIpc) is 3.10. The van der Waals surface area contributed by atoms with Gasteiger partial charge in [0.2, 0.25) is 0 Å². The molecule has 0 aliphatic heterocycles. The molecule has 0 N–H and O–H groups in total. The quantitative estimate of drug-likeness (QED) is 0.0270. The van der Waals surface area contributed by atoms with Crippen molar-refractivity contribution in [2.24, 2.45) is 0 Å². The van der Waals surface area contributed by atoms with Crippen LogP contribution < -0.4 is 0 Å². The van der Waals surface area contributed by atoms with Gasteiger partial charge in [-0.15, -0.1) is 0 Å². The molecule has 298 valence electrons. The molecule has 0 aliphatic rings. The zero-order valence-corrected chi connectivity index (χ0v) is 35.2. The second-order valence-electron chi connectivity index (χ2n) is 15.2. The van der Waals surface area contributed by atoms with Crippen molar-refractivity contribution in [2.75, 3.05) is 0 Å². The summed E-state index contributed by atoms with van der Waals surface area (Å²) in [6.45, 7) is 8.66. The fourth-order valence-electron chi connectivity index (χ4n) is 6.55. The lowest BCUT2D eigenvalue weighted by Crippen LogP contribution is -2.34. The van der Waals surface area contributed by atoms with Crippen LogP contribution in [0.2, 0.25) is 0 Å². The van der Waals surface area contributed by atoms with Gasteiger partial charge < -0.3 is 8.85 Å². The first-order valence-corrected chi connectivity index (χ1v) is 23.7. The van der Waals surface area contributed by atoms with Crippen LogP contribution in [0.3, 0.4) is 0 Å². The van der Waals surface area contributed by atoms with Crippen LogP contribution in [0, 0.1) is 0 Å². The van der Waals surface area contributed by atoms with Gasteiger partial charge in [0.1, 0.15) is 0 Å². The van der Waals surface area contributed by atoms with E-state index in [1.165, 1.54) is 154 Å². The molecule has 6 nitrogen and oxygen atoms in total. The Bertz CT molecular complexity index is 657. The molecule has 0 heterocycles. The van der Waals surface area contributed by atoms with E-state index in [1.807, 2.05) is 6.92 Å². The van der Waals surface area contributed by atoms with Crippen LogP contribution in [0.15, 0.2) is 0 Å². The fraction of sp³-hybridized carbons (Fsp3) is 0.953. The molecule has 1 atom stereocenters. The van der Waals surface area contributed by atoms with Crippen molar-refractivity contribution in [2.45, 2.75) is 265 Å². The highest BCUT2D eigenvalue weighted by Gasteiger charge is 2.27. The third kappa shape index (κ3) is 38.3. The molecule has 0 saturated carbocycles. The Balaban J connectivity index is 4.08. The van der Waals surface area contributed by atoms with Crippen molar-refractivity contribution in [1.82, 2.24) is 0 Å². The van der Waals surface area contributed by atoms with Crippen LogP contribution in [0.4, 0.5) is 0 Å². The Morgan fingerprint density at radius 3 is 0.960 bits per heavy atom. The van der Waals surface area contributed by atoms with E-state index in [0.29, 0.717) is 12.8 Å². The van der Waals surface area contributed by atoms with Crippen molar-refractivity contribution in [3.63, 3.8) is 0 Å². The van der Waals surface area contributed by atoms with Crippen LogP contribution >= 0.6 is 0 Å². The highest BCUT2D eigenvalue weighted by molar-refractivity contribution is 6.41. The number of rotatable bonds is 41. The van der Waals surface area contributed by atoms with Crippen molar-refractivity contribution >= 4 is 21.5 Å². The van der Waals surface area contributed by atoms with Crippen molar-refractivity contribution in [3.8, 4) is 0 Å². The second-order valence-corrected chi connectivity index (χ2v) is 16.4. The summed E-state index contributed by atoms with van der Waals surface area (Å²) < 4.78 is 16.6. The van der Waals surface area contributed by atoms with Crippen LogP contribution in [0.5, 0.6) is 0 Å². The summed E-state index contributed by atoms with van der Waals surface area (Å²) in [6.07, 6.45) is 43.2. The lowest BCUT2D eigenvalue weighted by atomic mass is 10.0. The van der Waals surface area contributed by atoms with E-state index in [9.17, 15) is 9.59 Å². The molecule has 50 heavy (non-hydrogen) atoms. The number of carbonyl (C=O) groups excluding carboxylic acids is 2. The summed E-state index contributed by atoms with van der Waals surface area (Å²) in [5, 5.41) is 0. The van der Waals surface area contributed by atoms with Gasteiger partial charge in [-0.05, 0) is 26.2 Å². The summed E-state index contributed by atoms with van der Waals surface area (Å²) in [6, 6.07) is 0. The maximum absolute atomic E-state index is 12.6. The molecule has 0 radical (unpaired) electrons. The first-order valence-electron chi connectivity index (χ1n) is 22.2. The zero-order chi connectivity index (χ0) is 36.6. The van der Waals surface area contributed by atoms with Crippen LogP contribution in [0.25, 0.3) is 0 Å². The molecule has 0 aromatic carbocycles. The third-order valence-corrected chi connectivity index (χ3v) is 11.1. The Morgan fingerprint density at radius 1 is 0.400 bits per heavy atom. The van der Waals surface area contributed by atoms with Gasteiger partial charge in [0.25, 0.3) is 11.9 Å². The summed E-state index contributed by atoms with van der Waals surface area (Å²) >= 11 is 0. The molecule has 0 bridgehead atoms. The van der Waals surface area contributed by atoms with Gasteiger partial charge in [-0.3, -0.25) is 9.59 Å². The minimum atomic E-state index is -3.06. The number of unbranched alkanes of at least 4 members (excludes halogenated alkanes) is 30. The lowest BCUT2D eigenvalue weighted by Gasteiger charge is -2.18. The molecule has 0 fully saturated rings. The highest BCUT2D eigenvalue weighted by atomic mass is 28.3. The van der Waals surface area contributed by atoms with E-state index in [0.717, 1.165) is 64.2 Å². The minimum absolute atomic E-state index is 0.139. The number of carbonyl (C=O) groups is 2. The lowest BCUT2D eigenvalue weighted by molar-refractivity contribution is -0.268. The molecule has 0 spiro atoms. The minimum Gasteiger partial charge on any atom is -0.465 e. The second kappa shape index (κ2) is 40.8. The van der Waals surface area contributed by atoms with E-state index in [-0.39, 0.29) is 18.0 Å². The first-order chi connectivity index (χ1) is 24.5. The maximum Gasteiger partial charge on any atom is 0.647 e. The molecule has 0 rings (SSSR count). The predicted octanol–water partition coefficient (Wildman–Crippen LogP) is 14.2. The van der Waals surface area contributed by atoms with Crippen molar-refractivity contribution < 1.29 is 27.9 Å². The smallest absolute Gasteiger partial charge is 0.465 e. The fourth-order valence-corrected chi connectivity index (χ4v) is 7.62. The molecule has 0 aliphatic carbocycles. The van der Waals surface area contributed by atoms with E-state index < -0.39 is 9.53 Å². The first kappa shape index (κ1) is 49.1. The standard InChI is InChI=1S/C43H86O6Si/c1-5-8-11-13-15-17-19-21-23-25-27-29-31-33-36-39-42(44)47-50(49-46-41(4)38-35-10-7-3)48-43(45)40-37-34-32-30-28-26-24-22-20-18-16-14-12-9-6-2/h41,50H,5-40H2,1-4H3. The Labute approximate surface area is 313 Å². The van der Waals surface area contributed by atoms with Gasteiger partial charge in [-0.25, -0.2) is 9.46 Å². The van der Waals surface area contributed by atoms with Gasteiger partial charge >= 0.3 is 9.53 Å². The molecule has 0 aromatic heterocycles. The monoisotopic (exact) mass is 727 g/mol. The molecular weight excluding hydrogens is 641 g/mol. The zero-order valence-electron chi connectivity index (χ0n) is 34.1. The van der Waals surface area contributed by atoms with E-state index in [2.05, 4.69) is 20.8 Å². The van der Waals surface area contributed by atoms with E-state index in [1.54, 1.807) is 0 Å². The summed E-state index contributed by atoms with van der Waals surface area (Å²) in [5.74, 6) is -0.697. The molecular formula is C43H86O6Si. The molecule has 0 aromatic rings. The molecule has 7 heteroatoms. The predicted molar refractivity (Wildman–Crippen MR) is 214 cm³/mol. The third-order valence-electron chi connectivity index (χ3n) is 9.94. The van der Waals surface area contributed by atoms with E-state index >= 15 is 0 Å². The maximum atomic E-state index is 12.6. The van der Waals surface area contributed by atoms with E-state index in [4.69, 9.17) is 18.3 Å². The van der Waals surface area contributed by atoms with Gasteiger partial charge in [0.05, 0.1) is 6.10 Å². The molecule has 0 amide bonds. The van der Waals surface area contributed by atoms with Gasteiger partial charge in [-0.1, -0.05) is 220 Å². The van der Waals surface area contributed by atoms with Crippen molar-refractivity contribution in [3.05, 3.63) is 0 Å². The SMILES string of the molecule is CCCCCCCCCCCCCCCCCC(=O)O[SiH](OOC(C)CCCCC)OC(=O)CCCCCCCCCCCCCCCCC. The van der Waals surface area contributed by atoms with Gasteiger partial charge in [-0.2, -0.15) is 0 Å². The molecule has 0 saturated heterocycles. The summed E-state index contributed by atoms with van der Waals surface area (Å²) in [4.78, 5) is 30.8. The average molecular weight is 727 g/mol.